The highest BCUT2D eigenvalue weighted by atomic mass is 16.6. The van der Waals surface area contributed by atoms with Gasteiger partial charge in [-0.05, 0) is 58.3 Å². The van der Waals surface area contributed by atoms with Crippen LogP contribution in [0, 0.1) is 18.8 Å². The number of rotatable bonds is 11. The largest absolute Gasteiger partial charge is 0.519 e. The van der Waals surface area contributed by atoms with Gasteiger partial charge < -0.3 is 54.7 Å². The minimum atomic E-state index is -2.78. The Balaban J connectivity index is 1.49. The molecule has 0 bridgehead atoms. The van der Waals surface area contributed by atoms with Gasteiger partial charge in [-0.25, -0.2) is 9.59 Å². The summed E-state index contributed by atoms with van der Waals surface area (Å²) in [7, 11) is 6.53. The first-order valence-corrected chi connectivity index (χ1v) is 16.3. The quantitative estimate of drug-likeness (QED) is 0.106. The van der Waals surface area contributed by atoms with Gasteiger partial charge in [0.05, 0.1) is 23.8 Å². The van der Waals surface area contributed by atoms with Gasteiger partial charge in [-0.2, -0.15) is 0 Å². The Hall–Kier alpha value is -5.62. The Morgan fingerprint density at radius 3 is 2.38 bits per heavy atom. The molecule has 18 heteroatoms. The zero-order valence-corrected chi connectivity index (χ0v) is 29.4. The van der Waals surface area contributed by atoms with E-state index in [1.54, 1.807) is 46.1 Å². The number of anilines is 2. The van der Waals surface area contributed by atoms with E-state index in [2.05, 4.69) is 5.32 Å². The van der Waals surface area contributed by atoms with Gasteiger partial charge in [0.25, 0.3) is 5.91 Å². The molecule has 2 aromatic rings. The van der Waals surface area contributed by atoms with E-state index in [4.69, 9.17) is 19.3 Å². The molecule has 5 atom stereocenters. The molecule has 3 aliphatic carbocycles. The summed E-state index contributed by atoms with van der Waals surface area (Å²) >= 11 is 0. The summed E-state index contributed by atoms with van der Waals surface area (Å²) in [5.74, 6) is -8.47. The van der Waals surface area contributed by atoms with E-state index in [0.717, 1.165) is 4.90 Å². The third-order valence-electron chi connectivity index (χ3n) is 9.79. The highest BCUT2D eigenvalue weighted by molar-refractivity contribution is 6.25. The number of aromatic hydroxyl groups is 1. The number of allylic oxidation sites excluding steroid dienone is 1. The monoisotopic (exact) mass is 727 g/mol. The maximum Gasteiger partial charge on any atom is 0.519 e. The van der Waals surface area contributed by atoms with E-state index in [9.17, 15) is 49.2 Å². The normalized spacial score (nSPS) is 23.1. The Morgan fingerprint density at radius 1 is 1.15 bits per heavy atom. The zero-order valence-electron chi connectivity index (χ0n) is 29.4. The van der Waals surface area contributed by atoms with Gasteiger partial charge in [0, 0.05) is 43.9 Å². The van der Waals surface area contributed by atoms with Crippen molar-refractivity contribution in [2.24, 2.45) is 17.6 Å². The molecule has 0 saturated carbocycles. The van der Waals surface area contributed by atoms with Gasteiger partial charge in [0.1, 0.15) is 29.1 Å². The van der Waals surface area contributed by atoms with Crippen LogP contribution in [0.25, 0.3) is 0 Å². The number of phenolic OH excluding ortho intramolecular Hbond substituents is 1. The molecule has 280 valence electrons. The fourth-order valence-electron chi connectivity index (χ4n) is 7.49. The van der Waals surface area contributed by atoms with Crippen LogP contribution in [0.2, 0.25) is 0 Å². The lowest BCUT2D eigenvalue weighted by atomic mass is 9.58. The lowest BCUT2D eigenvalue weighted by Crippen LogP contribution is -2.63. The highest BCUT2D eigenvalue weighted by Gasteiger charge is 2.63. The third-order valence-corrected chi connectivity index (χ3v) is 9.79. The van der Waals surface area contributed by atoms with Crippen molar-refractivity contribution in [3.8, 4) is 5.75 Å². The van der Waals surface area contributed by atoms with Gasteiger partial charge in [-0.15, -0.1) is 0 Å². The molecule has 1 aromatic heterocycles. The lowest BCUT2D eigenvalue weighted by Gasteiger charge is -2.50. The molecule has 52 heavy (non-hydrogen) atoms. The van der Waals surface area contributed by atoms with Crippen LogP contribution in [-0.2, 0) is 32.1 Å². The second kappa shape index (κ2) is 13.8. The van der Waals surface area contributed by atoms with Gasteiger partial charge in [0.2, 0.25) is 5.78 Å². The maximum atomic E-state index is 14.3. The minimum absolute atomic E-state index is 0.00673. The predicted octanol–water partition coefficient (Wildman–Crippen LogP) is 0.679. The fourth-order valence-corrected chi connectivity index (χ4v) is 7.49. The molecule has 7 N–H and O–H groups in total. The number of nitrogens with one attached hydrogen (secondary N) is 1. The standard InChI is InChI=1S/C34H41N5O13/c1-14(12-39(7-8-40)32(47)50-13-21-15(2)51-33(48)52-21)36-19-11-20(37(3)4)17-9-16-10-18-25(38(5)6)28(43)24(31(35)46)30(45)34(18,49)29(44)22(16)27(42)23(17)26(19)41/h8,11,14,16,18,25,36,41,43-44,49H,7,9-10,12-13H2,1-6H3,(H2,35,46)/t14?,16?,18?,25-,34+/m0/s1. The van der Waals surface area contributed by atoms with Crippen LogP contribution in [0.1, 0.15) is 40.8 Å². The maximum absolute atomic E-state index is 14.3. The van der Waals surface area contributed by atoms with Gasteiger partial charge in [-0.1, -0.05) is 0 Å². The number of nitrogens with two attached hydrogens (primary N) is 1. The molecule has 1 aromatic carbocycles. The van der Waals surface area contributed by atoms with Crippen molar-refractivity contribution < 1.29 is 58.0 Å². The van der Waals surface area contributed by atoms with Crippen LogP contribution < -0.4 is 21.8 Å². The Morgan fingerprint density at radius 2 is 1.83 bits per heavy atom. The number of hydrogen-bond donors (Lipinski definition) is 6. The van der Waals surface area contributed by atoms with Crippen LogP contribution in [0.3, 0.4) is 0 Å². The van der Waals surface area contributed by atoms with Crippen molar-refractivity contribution in [2.75, 3.05) is 51.5 Å². The number of ether oxygens (including phenoxy) is 1. The summed E-state index contributed by atoms with van der Waals surface area (Å²) in [6.07, 6.45) is -0.412. The molecule has 18 nitrogen and oxygen atoms in total. The average molecular weight is 728 g/mol. The number of carbonyl (C=O) groups excluding carboxylic acids is 5. The van der Waals surface area contributed by atoms with Gasteiger partial charge >= 0.3 is 11.9 Å². The number of aryl methyl sites for hydroxylation is 1. The van der Waals surface area contributed by atoms with E-state index < -0.39 is 88.4 Å². The van der Waals surface area contributed by atoms with Crippen LogP contribution in [0.15, 0.2) is 42.4 Å². The molecule has 1 heterocycles. The molecule has 3 unspecified atom stereocenters. The van der Waals surface area contributed by atoms with Crippen molar-refractivity contribution in [2.45, 2.75) is 51.0 Å². The number of primary amides is 1. The smallest absolute Gasteiger partial charge is 0.510 e. The summed E-state index contributed by atoms with van der Waals surface area (Å²) in [5.41, 5.74) is 2.19. The Bertz CT molecular complexity index is 1970. The fraction of sp³-hybridized carbons (Fsp3) is 0.471. The number of likely N-dealkylation sites (N-methyl/N-ethyl adjacent to an activating group) is 1. The van der Waals surface area contributed by atoms with Crippen molar-refractivity contribution in [1.82, 2.24) is 9.80 Å². The number of ketones is 2. The zero-order chi connectivity index (χ0) is 38.6. The minimum Gasteiger partial charge on any atom is -0.510 e. The van der Waals surface area contributed by atoms with Crippen molar-refractivity contribution in [1.29, 1.82) is 0 Å². The van der Waals surface area contributed by atoms with Crippen LogP contribution in [0.5, 0.6) is 5.75 Å². The molecule has 0 fully saturated rings. The number of aliphatic hydroxyl groups is 3. The molecule has 0 spiro atoms. The molecule has 5 rings (SSSR count). The van der Waals surface area contributed by atoms with E-state index in [1.807, 2.05) is 0 Å². The SMILES string of the molecule is Cc1oc(=O)oc1COC(=O)N(CC=O)CC(C)Nc1cc(N(C)C)c2c(c1O)C(=O)C1=C(O)[C@@]3(O)C(=O)C(C(N)=O)=C(O)[C@@H](N(C)C)C3CC1C2. The van der Waals surface area contributed by atoms with Gasteiger partial charge in [0.15, 0.2) is 29.5 Å². The summed E-state index contributed by atoms with van der Waals surface area (Å²) < 4.78 is 14.8. The number of benzene rings is 1. The molecular formula is C34H41N5O13. The first kappa shape index (κ1) is 37.6. The van der Waals surface area contributed by atoms with Gasteiger partial charge in [-0.3, -0.25) is 24.2 Å². The molecule has 3 aliphatic rings. The number of carbonyl (C=O) groups is 5. The lowest BCUT2D eigenvalue weighted by molar-refractivity contribution is -0.148. The number of hydrogen-bond acceptors (Lipinski definition) is 16. The van der Waals surface area contributed by atoms with E-state index in [1.165, 1.54) is 11.8 Å². The number of fused-ring (bicyclic) bond motifs is 3. The second-order valence-corrected chi connectivity index (χ2v) is 13.6. The first-order valence-electron chi connectivity index (χ1n) is 16.3. The summed E-state index contributed by atoms with van der Waals surface area (Å²) in [6, 6.07) is -0.199. The molecule has 0 saturated heterocycles. The Labute approximate surface area is 296 Å². The molecule has 2 amide bonds. The number of aliphatic hydroxyl groups excluding tert-OH is 2. The highest BCUT2D eigenvalue weighted by Crippen LogP contribution is 2.54. The van der Waals surface area contributed by atoms with Crippen LogP contribution in [-0.4, -0.2) is 119 Å². The van der Waals surface area contributed by atoms with Crippen LogP contribution in [0.4, 0.5) is 16.2 Å². The number of nitrogens with zero attached hydrogens (tertiary/aromatic N) is 3. The van der Waals surface area contributed by atoms with Crippen LogP contribution >= 0.6 is 0 Å². The van der Waals surface area contributed by atoms with Crippen molar-refractivity contribution >= 4 is 41.2 Å². The summed E-state index contributed by atoms with van der Waals surface area (Å²) in [6.45, 7) is 2.15. The summed E-state index contributed by atoms with van der Waals surface area (Å²) in [4.78, 5) is 80.0. The van der Waals surface area contributed by atoms with E-state index in [0.29, 0.717) is 17.5 Å². The number of phenols is 1. The predicted molar refractivity (Wildman–Crippen MR) is 181 cm³/mol. The van der Waals surface area contributed by atoms with E-state index in [-0.39, 0.29) is 54.3 Å². The number of Topliss-reactive ketones (excluding diaryl/α,β-unsaturated/α-hetero) is 2. The topological polar surface area (TPSA) is 267 Å². The van der Waals surface area contributed by atoms with Crippen molar-refractivity contribution in [3.63, 3.8) is 0 Å². The second-order valence-electron chi connectivity index (χ2n) is 13.6. The van der Waals surface area contributed by atoms with E-state index >= 15 is 0 Å². The number of aldehydes is 1. The summed E-state index contributed by atoms with van der Waals surface area (Å²) in [5, 5.41) is 49.1. The number of amides is 2. The average Bonchev–Trinajstić information content (AvgIpc) is 3.38. The molecule has 0 radical (unpaired) electrons. The van der Waals surface area contributed by atoms with Crippen molar-refractivity contribution in [3.05, 3.63) is 62.0 Å². The third kappa shape index (κ3) is 6.17. The first-order chi connectivity index (χ1) is 24.3. The molecular weight excluding hydrogens is 686 g/mol. The Kier molecular flexibility index (Phi) is 10.0. The molecule has 0 aliphatic heterocycles.